The fourth-order valence-corrected chi connectivity index (χ4v) is 3.27. The van der Waals surface area contributed by atoms with Crippen LogP contribution >= 0.6 is 0 Å². The number of aromatic nitrogens is 3. The number of halogens is 3. The van der Waals surface area contributed by atoms with Gasteiger partial charge in [-0.3, -0.25) is 4.79 Å². The topological polar surface area (TPSA) is 78.3 Å². The van der Waals surface area contributed by atoms with Crippen molar-refractivity contribution in [3.63, 3.8) is 0 Å². The van der Waals surface area contributed by atoms with E-state index in [1.54, 1.807) is 24.3 Å². The molecule has 10 heteroatoms. The smallest absolute Gasteiger partial charge is 0.416 e. The molecule has 0 fully saturated rings. The quantitative estimate of drug-likeness (QED) is 0.377. The lowest BCUT2D eigenvalue weighted by Gasteiger charge is -2.10. The number of hydrogen-bond donors (Lipinski definition) is 1. The van der Waals surface area contributed by atoms with E-state index in [1.165, 1.54) is 23.9 Å². The summed E-state index contributed by atoms with van der Waals surface area (Å²) in [6.45, 7) is 0.225. The molecule has 35 heavy (non-hydrogen) atoms. The molecule has 7 nitrogen and oxygen atoms in total. The first-order valence-corrected chi connectivity index (χ1v) is 10.5. The Kier molecular flexibility index (Phi) is 7.11. The Morgan fingerprint density at radius 2 is 1.66 bits per heavy atom. The molecule has 0 atom stereocenters. The van der Waals surface area contributed by atoms with E-state index >= 15 is 0 Å². The summed E-state index contributed by atoms with van der Waals surface area (Å²) in [5.74, 6) is 0.00298. The lowest BCUT2D eigenvalue weighted by atomic mass is 10.1. The number of hydrogen-bond acceptors (Lipinski definition) is 5. The van der Waals surface area contributed by atoms with Crippen molar-refractivity contribution >= 4 is 11.6 Å². The monoisotopic (exact) mass is 482 g/mol. The number of alkyl halides is 3. The summed E-state index contributed by atoms with van der Waals surface area (Å²) in [4.78, 5) is 16.4. The molecule has 4 aromatic rings. The molecule has 0 aliphatic heterocycles. The van der Waals surface area contributed by atoms with Gasteiger partial charge >= 0.3 is 12.2 Å². The summed E-state index contributed by atoms with van der Waals surface area (Å²) in [5.41, 5.74) is 1.77. The van der Waals surface area contributed by atoms with Crippen LogP contribution in [0.25, 0.3) is 17.1 Å². The van der Waals surface area contributed by atoms with Gasteiger partial charge in [-0.1, -0.05) is 42.5 Å². The van der Waals surface area contributed by atoms with Crippen LogP contribution in [0.15, 0.2) is 78.9 Å². The Morgan fingerprint density at radius 3 is 2.29 bits per heavy atom. The molecule has 1 amide bonds. The van der Waals surface area contributed by atoms with Crippen molar-refractivity contribution in [3.8, 4) is 23.1 Å². The van der Waals surface area contributed by atoms with Crippen molar-refractivity contribution in [3.05, 3.63) is 90.0 Å². The largest absolute Gasteiger partial charge is 0.466 e. The standard InChI is InChI=1S/C25H21F3N4O3/c1-34-24-30-23(18-7-9-19(10-8-18)25(26,27)28)32(31-24)21-13-11-20(12-14-21)29-22(33)16-35-15-17-5-3-2-4-6-17/h2-14H,15-16H2,1H3,(H,29,33). The van der Waals surface area contributed by atoms with Gasteiger partial charge in [0.1, 0.15) is 6.61 Å². The van der Waals surface area contributed by atoms with Crippen molar-refractivity contribution in [2.45, 2.75) is 12.8 Å². The van der Waals surface area contributed by atoms with E-state index in [-0.39, 0.29) is 18.5 Å². The molecule has 3 aromatic carbocycles. The molecule has 0 aliphatic rings. The van der Waals surface area contributed by atoms with Gasteiger partial charge in [0.05, 0.1) is 25.0 Å². The highest BCUT2D eigenvalue weighted by Gasteiger charge is 2.30. The molecule has 0 aliphatic carbocycles. The number of amides is 1. The molecule has 0 saturated carbocycles. The van der Waals surface area contributed by atoms with Gasteiger partial charge in [-0.15, -0.1) is 5.10 Å². The number of nitrogens with one attached hydrogen (secondary N) is 1. The first-order valence-electron chi connectivity index (χ1n) is 10.5. The Balaban J connectivity index is 1.45. The summed E-state index contributed by atoms with van der Waals surface area (Å²) < 4.78 is 50.7. The van der Waals surface area contributed by atoms with Gasteiger partial charge in [-0.2, -0.15) is 18.2 Å². The number of carbonyl (C=O) groups excluding carboxylic acids is 1. The molecule has 0 unspecified atom stereocenters. The van der Waals surface area contributed by atoms with Gasteiger partial charge in [0.2, 0.25) is 5.91 Å². The van der Waals surface area contributed by atoms with Gasteiger partial charge in [0.15, 0.2) is 5.82 Å². The minimum Gasteiger partial charge on any atom is -0.466 e. The lowest BCUT2D eigenvalue weighted by molar-refractivity contribution is -0.137. The summed E-state index contributed by atoms with van der Waals surface area (Å²) in [6, 6.07) is 21.0. The van der Waals surface area contributed by atoms with E-state index in [9.17, 15) is 18.0 Å². The molecule has 1 aromatic heterocycles. The highest BCUT2D eigenvalue weighted by atomic mass is 19.4. The van der Waals surface area contributed by atoms with Crippen molar-refractivity contribution in [1.29, 1.82) is 0 Å². The van der Waals surface area contributed by atoms with Crippen LogP contribution in [0.1, 0.15) is 11.1 Å². The number of nitrogens with zero attached hydrogens (tertiary/aromatic N) is 3. The second-order valence-electron chi connectivity index (χ2n) is 7.48. The highest BCUT2D eigenvalue weighted by Crippen LogP contribution is 2.31. The maximum atomic E-state index is 12.9. The second-order valence-corrected chi connectivity index (χ2v) is 7.48. The van der Waals surface area contributed by atoms with E-state index in [0.717, 1.165) is 17.7 Å². The molecular weight excluding hydrogens is 461 g/mol. The third-order valence-corrected chi connectivity index (χ3v) is 4.98. The zero-order valence-corrected chi connectivity index (χ0v) is 18.6. The minimum absolute atomic E-state index is 0.0628. The van der Waals surface area contributed by atoms with E-state index in [4.69, 9.17) is 9.47 Å². The molecule has 1 heterocycles. The number of rotatable bonds is 8. The van der Waals surface area contributed by atoms with Crippen LogP contribution in [0.2, 0.25) is 0 Å². The molecule has 0 radical (unpaired) electrons. The predicted octanol–water partition coefficient (Wildman–Crippen LogP) is 5.12. The van der Waals surface area contributed by atoms with E-state index in [2.05, 4.69) is 15.4 Å². The number of methoxy groups -OCH3 is 1. The first kappa shape index (κ1) is 24.0. The van der Waals surface area contributed by atoms with Crippen LogP contribution in [-0.4, -0.2) is 34.4 Å². The molecule has 0 saturated heterocycles. The molecule has 1 N–H and O–H groups in total. The van der Waals surface area contributed by atoms with Gasteiger partial charge in [0, 0.05) is 11.3 Å². The van der Waals surface area contributed by atoms with Gasteiger partial charge < -0.3 is 14.8 Å². The van der Waals surface area contributed by atoms with Crippen LogP contribution in [0.5, 0.6) is 6.01 Å². The molecule has 0 bridgehead atoms. The number of anilines is 1. The van der Waals surface area contributed by atoms with Crippen molar-refractivity contribution in [2.24, 2.45) is 0 Å². The van der Waals surface area contributed by atoms with E-state index in [0.29, 0.717) is 29.4 Å². The molecule has 180 valence electrons. The second kappa shape index (κ2) is 10.4. The third-order valence-electron chi connectivity index (χ3n) is 4.98. The summed E-state index contributed by atoms with van der Waals surface area (Å²) in [7, 11) is 1.40. The SMILES string of the molecule is COc1nc(-c2ccc(C(F)(F)F)cc2)n(-c2ccc(NC(=O)COCc3ccccc3)cc2)n1. The Hall–Kier alpha value is -4.18. The third kappa shape index (κ3) is 6.04. The number of benzene rings is 3. The summed E-state index contributed by atoms with van der Waals surface area (Å²) in [5, 5.41) is 7.01. The van der Waals surface area contributed by atoms with E-state index < -0.39 is 11.7 Å². The van der Waals surface area contributed by atoms with Crippen LogP contribution in [0.3, 0.4) is 0 Å². The zero-order valence-electron chi connectivity index (χ0n) is 18.6. The summed E-state index contributed by atoms with van der Waals surface area (Å²) >= 11 is 0. The number of carbonyl (C=O) groups is 1. The Labute approximate surface area is 199 Å². The maximum absolute atomic E-state index is 12.9. The lowest BCUT2D eigenvalue weighted by Crippen LogP contribution is -2.18. The average Bonchev–Trinajstić information content (AvgIpc) is 3.29. The predicted molar refractivity (Wildman–Crippen MR) is 123 cm³/mol. The summed E-state index contributed by atoms with van der Waals surface area (Å²) in [6.07, 6.45) is -4.43. The molecule has 0 spiro atoms. The maximum Gasteiger partial charge on any atom is 0.416 e. The zero-order chi connectivity index (χ0) is 24.8. The van der Waals surface area contributed by atoms with Crippen molar-refractivity contribution in [2.75, 3.05) is 19.0 Å². The number of ether oxygens (including phenoxy) is 2. The van der Waals surface area contributed by atoms with Crippen LogP contribution in [-0.2, 0) is 22.3 Å². The molecular formula is C25H21F3N4O3. The van der Waals surface area contributed by atoms with Crippen molar-refractivity contribution < 1.29 is 27.4 Å². The van der Waals surface area contributed by atoms with E-state index in [1.807, 2.05) is 30.3 Å². The minimum atomic E-state index is -4.43. The fourth-order valence-electron chi connectivity index (χ4n) is 3.27. The fraction of sp³-hybridized carbons (Fsp3) is 0.160. The van der Waals surface area contributed by atoms with Gasteiger partial charge in [-0.05, 0) is 42.0 Å². The van der Waals surface area contributed by atoms with Crippen LogP contribution in [0, 0.1) is 0 Å². The highest BCUT2D eigenvalue weighted by molar-refractivity contribution is 5.91. The molecule has 4 rings (SSSR count). The first-order chi connectivity index (χ1) is 16.8. The van der Waals surface area contributed by atoms with Crippen LogP contribution < -0.4 is 10.1 Å². The van der Waals surface area contributed by atoms with Gasteiger partial charge in [0.25, 0.3) is 0 Å². The van der Waals surface area contributed by atoms with Crippen molar-refractivity contribution in [1.82, 2.24) is 14.8 Å². The Morgan fingerprint density at radius 1 is 0.971 bits per heavy atom. The normalized spacial score (nSPS) is 11.3. The average molecular weight is 482 g/mol. The van der Waals surface area contributed by atoms with Gasteiger partial charge in [-0.25, -0.2) is 4.68 Å². The Bertz CT molecular complexity index is 1270. The van der Waals surface area contributed by atoms with Crippen LogP contribution in [0.4, 0.5) is 18.9 Å².